The lowest BCUT2D eigenvalue weighted by molar-refractivity contribution is -0.112. The summed E-state index contributed by atoms with van der Waals surface area (Å²) >= 11 is 7.41. The van der Waals surface area contributed by atoms with Gasteiger partial charge in [-0.1, -0.05) is 11.6 Å². The van der Waals surface area contributed by atoms with Crippen LogP contribution in [0.1, 0.15) is 32.1 Å². The number of hydrogen-bond acceptors (Lipinski definition) is 8. The van der Waals surface area contributed by atoms with Crippen molar-refractivity contribution in [3.63, 3.8) is 0 Å². The zero-order chi connectivity index (χ0) is 27.4. The third kappa shape index (κ3) is 8.06. The summed E-state index contributed by atoms with van der Waals surface area (Å²) < 4.78 is 40.2. The van der Waals surface area contributed by atoms with Gasteiger partial charge in [0, 0.05) is 24.2 Å². The Bertz CT molecular complexity index is 1160. The Morgan fingerprint density at radius 2 is 1.97 bits per heavy atom. The number of rotatable bonds is 11. The molecule has 2 aliphatic carbocycles. The molecule has 0 heterocycles. The van der Waals surface area contributed by atoms with Gasteiger partial charge in [0.25, 0.3) is 16.0 Å². The molecule has 37 heavy (non-hydrogen) atoms. The molecular formula is C24H34ClFN4O5S2. The van der Waals surface area contributed by atoms with E-state index in [0.29, 0.717) is 42.2 Å². The number of nitrogens with zero attached hydrogens (tertiary/aromatic N) is 1. The summed E-state index contributed by atoms with van der Waals surface area (Å²) in [5, 5.41) is 13.7. The van der Waals surface area contributed by atoms with Gasteiger partial charge in [0.15, 0.2) is 0 Å². The third-order valence-corrected chi connectivity index (χ3v) is 9.06. The van der Waals surface area contributed by atoms with Gasteiger partial charge in [-0.15, -0.1) is 0 Å². The number of hydrogen-bond donors (Lipinski definition) is 4. The molecule has 2 unspecified atom stereocenters. The predicted molar refractivity (Wildman–Crippen MR) is 145 cm³/mol. The van der Waals surface area contributed by atoms with Gasteiger partial charge in [-0.3, -0.25) is 14.0 Å². The van der Waals surface area contributed by atoms with Crippen LogP contribution in [-0.2, 0) is 19.1 Å². The Kier molecular flexibility index (Phi) is 9.90. The van der Waals surface area contributed by atoms with Crippen LogP contribution < -0.4 is 16.8 Å². The van der Waals surface area contributed by atoms with E-state index < -0.39 is 27.4 Å². The number of benzene rings is 1. The highest BCUT2D eigenvalue weighted by molar-refractivity contribution is 7.99. The van der Waals surface area contributed by atoms with E-state index in [9.17, 15) is 22.7 Å². The summed E-state index contributed by atoms with van der Waals surface area (Å²) in [6, 6.07) is 3.85. The second-order valence-electron chi connectivity index (χ2n) is 9.78. The molecule has 1 aromatic rings. The summed E-state index contributed by atoms with van der Waals surface area (Å²) in [6.45, 7) is 0.136. The normalized spacial score (nSPS) is 26.6. The number of allylic oxidation sites excluding steroid dienone is 1. The SMILES string of the molecule is CN=C(N)/C(C(=O)Nc1ccc(F)c(Cl)c1)=C(\N)C1CC2CC(O)(CSCCCOS(C)(=O)=O)CC2C1. The lowest BCUT2D eigenvalue weighted by Crippen LogP contribution is -2.32. The van der Waals surface area contributed by atoms with Crippen LogP contribution in [0.2, 0.25) is 5.02 Å². The largest absolute Gasteiger partial charge is 0.401 e. The second-order valence-corrected chi connectivity index (χ2v) is 12.9. The van der Waals surface area contributed by atoms with E-state index in [4.69, 9.17) is 27.3 Å². The molecule has 2 fully saturated rings. The summed E-state index contributed by atoms with van der Waals surface area (Å²) in [7, 11) is -1.96. The van der Waals surface area contributed by atoms with Crippen LogP contribution in [0, 0.1) is 23.6 Å². The Labute approximate surface area is 226 Å². The first-order chi connectivity index (χ1) is 17.3. The van der Waals surface area contributed by atoms with Crippen molar-refractivity contribution in [1.82, 2.24) is 0 Å². The van der Waals surface area contributed by atoms with Crippen LogP contribution in [-0.4, -0.2) is 62.3 Å². The fourth-order valence-electron chi connectivity index (χ4n) is 5.26. The van der Waals surface area contributed by atoms with E-state index in [1.165, 1.54) is 19.2 Å². The smallest absolute Gasteiger partial charge is 0.264 e. The summed E-state index contributed by atoms with van der Waals surface area (Å²) in [5.74, 6) is 0.572. The predicted octanol–water partition coefficient (Wildman–Crippen LogP) is 2.88. The molecule has 13 heteroatoms. The topological polar surface area (TPSA) is 157 Å². The highest BCUT2D eigenvalue weighted by Crippen LogP contribution is 2.53. The first-order valence-corrected chi connectivity index (χ1v) is 15.3. The van der Waals surface area contributed by atoms with Crippen LogP contribution in [0.5, 0.6) is 0 Å². The van der Waals surface area contributed by atoms with Gasteiger partial charge in [-0.05, 0) is 73.8 Å². The van der Waals surface area contributed by atoms with Gasteiger partial charge in [-0.2, -0.15) is 20.2 Å². The van der Waals surface area contributed by atoms with Crippen molar-refractivity contribution in [1.29, 1.82) is 0 Å². The average Bonchev–Trinajstić information content (AvgIpc) is 3.33. The van der Waals surface area contributed by atoms with E-state index in [1.807, 2.05) is 0 Å². The van der Waals surface area contributed by atoms with E-state index in [2.05, 4.69) is 10.3 Å². The van der Waals surface area contributed by atoms with Gasteiger partial charge in [0.1, 0.15) is 17.2 Å². The minimum atomic E-state index is -3.43. The van der Waals surface area contributed by atoms with Crippen molar-refractivity contribution in [2.24, 2.45) is 34.2 Å². The van der Waals surface area contributed by atoms with Crippen molar-refractivity contribution < 1.29 is 26.9 Å². The van der Waals surface area contributed by atoms with Crippen LogP contribution >= 0.6 is 23.4 Å². The van der Waals surface area contributed by atoms with Gasteiger partial charge in [0.2, 0.25) is 0 Å². The first-order valence-electron chi connectivity index (χ1n) is 11.9. The Morgan fingerprint density at radius 3 is 2.54 bits per heavy atom. The number of carbonyl (C=O) groups is 1. The number of anilines is 1. The van der Waals surface area contributed by atoms with Crippen molar-refractivity contribution >= 4 is 50.9 Å². The zero-order valence-corrected chi connectivity index (χ0v) is 23.3. The number of amidine groups is 1. The Hall–Kier alpha value is -1.86. The lowest BCUT2D eigenvalue weighted by atomic mass is 9.92. The zero-order valence-electron chi connectivity index (χ0n) is 20.9. The number of aliphatic hydroxyl groups is 1. The maximum atomic E-state index is 13.5. The summed E-state index contributed by atoms with van der Waals surface area (Å²) in [5.41, 5.74) is 12.5. The van der Waals surface area contributed by atoms with Crippen LogP contribution in [0.25, 0.3) is 0 Å². The fourth-order valence-corrected chi connectivity index (χ4v) is 6.94. The summed E-state index contributed by atoms with van der Waals surface area (Å²) in [6.07, 6.45) is 4.33. The number of thioether (sulfide) groups is 1. The molecule has 2 aliphatic rings. The Morgan fingerprint density at radius 1 is 1.32 bits per heavy atom. The van der Waals surface area contributed by atoms with Crippen molar-refractivity contribution in [3.8, 4) is 0 Å². The lowest BCUT2D eigenvalue weighted by Gasteiger charge is -2.25. The molecule has 0 saturated heterocycles. The van der Waals surface area contributed by atoms with Gasteiger partial charge in [-0.25, -0.2) is 4.39 Å². The minimum Gasteiger partial charge on any atom is -0.401 e. The number of fused-ring (bicyclic) bond motifs is 1. The Balaban J connectivity index is 1.59. The van der Waals surface area contributed by atoms with Gasteiger partial charge < -0.3 is 21.9 Å². The molecule has 2 saturated carbocycles. The quantitative estimate of drug-likeness (QED) is 0.103. The van der Waals surface area contributed by atoms with E-state index in [1.54, 1.807) is 11.8 Å². The maximum absolute atomic E-state index is 13.5. The molecule has 0 aliphatic heterocycles. The van der Waals surface area contributed by atoms with Crippen molar-refractivity contribution in [3.05, 3.63) is 40.3 Å². The second kappa shape index (κ2) is 12.3. The minimum absolute atomic E-state index is 0.00743. The molecule has 3 rings (SSSR count). The van der Waals surface area contributed by atoms with E-state index >= 15 is 0 Å². The number of halogens is 2. The first kappa shape index (κ1) is 29.7. The molecule has 6 N–H and O–H groups in total. The molecule has 206 valence electrons. The molecular weight excluding hydrogens is 543 g/mol. The monoisotopic (exact) mass is 576 g/mol. The highest BCUT2D eigenvalue weighted by Gasteiger charge is 2.49. The van der Waals surface area contributed by atoms with E-state index in [0.717, 1.165) is 25.2 Å². The molecule has 0 radical (unpaired) electrons. The van der Waals surface area contributed by atoms with Gasteiger partial charge in [0.05, 0.1) is 23.5 Å². The molecule has 0 aromatic heterocycles. The van der Waals surface area contributed by atoms with E-state index in [-0.39, 0.29) is 40.8 Å². The highest BCUT2D eigenvalue weighted by atomic mass is 35.5. The molecule has 0 bridgehead atoms. The van der Waals surface area contributed by atoms with Crippen LogP contribution in [0.3, 0.4) is 0 Å². The fraction of sp³-hybridized carbons (Fsp3) is 0.583. The van der Waals surface area contributed by atoms with Gasteiger partial charge >= 0.3 is 0 Å². The van der Waals surface area contributed by atoms with Crippen molar-refractivity contribution in [2.75, 3.05) is 36.7 Å². The molecule has 9 nitrogen and oxygen atoms in total. The molecule has 1 amide bonds. The van der Waals surface area contributed by atoms with Crippen LogP contribution in [0.4, 0.5) is 10.1 Å². The summed E-state index contributed by atoms with van der Waals surface area (Å²) in [4.78, 5) is 17.0. The number of carbonyl (C=O) groups excluding carboxylic acids is 1. The number of nitrogens with one attached hydrogen (secondary N) is 1. The van der Waals surface area contributed by atoms with Crippen LogP contribution in [0.15, 0.2) is 34.5 Å². The number of nitrogens with two attached hydrogens (primary N) is 2. The number of aliphatic imine (C=N–C) groups is 1. The van der Waals surface area contributed by atoms with Crippen molar-refractivity contribution in [2.45, 2.75) is 37.7 Å². The number of amides is 1. The standard InChI is InChI=1S/C24H34ClFN4O5S2/c1-29-22(28)20(23(31)30-17-4-5-19(26)18(25)10-17)21(27)14-8-15-11-24(32,12-16(15)9-14)13-36-7-3-6-35-37(2,33)34/h4-5,10,14-16,32H,3,6-9,11-13,27H2,1-2H3,(H2,28,29)(H,30,31)/b21-20+. The maximum Gasteiger partial charge on any atom is 0.264 e. The third-order valence-electron chi connectivity index (χ3n) is 6.86. The molecule has 1 aromatic carbocycles. The molecule has 2 atom stereocenters. The average molecular weight is 577 g/mol. The molecule has 0 spiro atoms.